The number of hydrogen-bond acceptors (Lipinski definition) is 3. The van der Waals surface area contributed by atoms with Gasteiger partial charge in [-0.05, 0) is 86.4 Å². The predicted octanol–water partition coefficient (Wildman–Crippen LogP) is 16.3. The van der Waals surface area contributed by atoms with Crippen LogP contribution < -0.4 is 4.90 Å². The summed E-state index contributed by atoms with van der Waals surface area (Å²) in [5.41, 5.74) is 13.5. The third kappa shape index (κ3) is 5.36. The summed E-state index contributed by atoms with van der Waals surface area (Å²) < 4.78 is 13.3. The molecule has 2 aromatic heterocycles. The Morgan fingerprint density at radius 2 is 0.881 bits per heavy atom. The second-order valence-corrected chi connectivity index (χ2v) is 15.2. The SMILES string of the molecule is c1ccc(-c2cccc3c2oc2c(N(c4ccc(-c5cccc6ccccc56)cc4)c4ccc(-c5ccc6oc7ccccc7c6c5)c5ccccc45)cccc23)cc1. The van der Waals surface area contributed by atoms with Crippen LogP contribution in [-0.4, -0.2) is 0 Å². The topological polar surface area (TPSA) is 29.5 Å². The number of furan rings is 2. The largest absolute Gasteiger partial charge is 0.456 e. The molecule has 0 aliphatic heterocycles. The summed E-state index contributed by atoms with van der Waals surface area (Å²) in [6.45, 7) is 0. The molecule has 10 aromatic carbocycles. The Hall–Kier alpha value is -7.88. The summed E-state index contributed by atoms with van der Waals surface area (Å²) in [5.74, 6) is 0. The van der Waals surface area contributed by atoms with Gasteiger partial charge in [0.25, 0.3) is 0 Å². The molecular formula is C56H35NO2. The molecule has 276 valence electrons. The number of nitrogens with zero attached hydrogens (tertiary/aromatic N) is 1. The third-order valence-corrected chi connectivity index (χ3v) is 11.9. The zero-order valence-electron chi connectivity index (χ0n) is 32.0. The summed E-state index contributed by atoms with van der Waals surface area (Å²) in [4.78, 5) is 2.37. The summed E-state index contributed by atoms with van der Waals surface area (Å²) in [6, 6.07) is 75.7. The van der Waals surface area contributed by atoms with Gasteiger partial charge in [0, 0.05) is 38.2 Å². The molecule has 0 unspecified atom stereocenters. The zero-order valence-corrected chi connectivity index (χ0v) is 32.0. The van der Waals surface area contributed by atoms with E-state index in [0.717, 1.165) is 94.0 Å². The van der Waals surface area contributed by atoms with E-state index in [1.54, 1.807) is 0 Å². The van der Waals surface area contributed by atoms with Crippen LogP contribution in [0.3, 0.4) is 0 Å². The molecule has 0 radical (unpaired) electrons. The van der Waals surface area contributed by atoms with Gasteiger partial charge < -0.3 is 13.7 Å². The maximum absolute atomic E-state index is 7.06. The standard InChI is InChI=1S/C56H35NO2/c1-2-13-37(14-3-1)44-22-11-23-48-49-24-12-25-52(56(49)59-55(44)48)57(40-30-27-38(28-31-40)42-21-10-16-36-15-4-5-17-41(36)42)51-33-32-43(45-18-6-7-19-46(45)51)39-29-34-54-50(35-39)47-20-8-9-26-53(47)58-54/h1-35H. The van der Waals surface area contributed by atoms with Crippen LogP contribution in [0.2, 0.25) is 0 Å². The molecular weight excluding hydrogens is 719 g/mol. The van der Waals surface area contributed by atoms with E-state index in [0.29, 0.717) is 0 Å². The number of anilines is 3. The van der Waals surface area contributed by atoms with Crippen molar-refractivity contribution in [3.8, 4) is 33.4 Å². The summed E-state index contributed by atoms with van der Waals surface area (Å²) in [6.07, 6.45) is 0. The molecule has 0 fully saturated rings. The van der Waals surface area contributed by atoms with E-state index < -0.39 is 0 Å². The maximum atomic E-state index is 7.06. The van der Waals surface area contributed by atoms with Crippen molar-refractivity contribution in [1.82, 2.24) is 0 Å². The molecule has 0 N–H and O–H groups in total. The Balaban J connectivity index is 1.08. The molecule has 2 heterocycles. The first-order valence-electron chi connectivity index (χ1n) is 20.1. The van der Waals surface area contributed by atoms with Gasteiger partial charge in [0.05, 0.1) is 11.4 Å². The normalized spacial score (nSPS) is 11.7. The van der Waals surface area contributed by atoms with Crippen LogP contribution in [0.15, 0.2) is 221 Å². The van der Waals surface area contributed by atoms with E-state index in [1.807, 2.05) is 12.1 Å². The molecule has 0 aliphatic rings. The summed E-state index contributed by atoms with van der Waals surface area (Å²) in [7, 11) is 0. The molecule has 0 amide bonds. The Bertz CT molecular complexity index is 3550. The highest BCUT2D eigenvalue weighted by Crippen LogP contribution is 2.47. The molecule has 0 saturated heterocycles. The highest BCUT2D eigenvalue weighted by Gasteiger charge is 2.23. The number of benzene rings is 10. The van der Waals surface area contributed by atoms with E-state index in [1.165, 1.54) is 21.9 Å². The molecule has 0 aliphatic carbocycles. The van der Waals surface area contributed by atoms with Crippen molar-refractivity contribution < 1.29 is 8.83 Å². The highest BCUT2D eigenvalue weighted by molar-refractivity contribution is 6.15. The Morgan fingerprint density at radius 1 is 0.288 bits per heavy atom. The monoisotopic (exact) mass is 753 g/mol. The number of rotatable bonds is 6. The third-order valence-electron chi connectivity index (χ3n) is 11.9. The smallest absolute Gasteiger partial charge is 0.159 e. The Labute approximate surface area is 340 Å². The fourth-order valence-electron chi connectivity index (χ4n) is 9.13. The molecule has 0 spiro atoms. The minimum atomic E-state index is 0.842. The molecule has 12 rings (SSSR count). The lowest BCUT2D eigenvalue weighted by Crippen LogP contribution is -2.11. The van der Waals surface area contributed by atoms with Crippen molar-refractivity contribution in [3.05, 3.63) is 212 Å². The fraction of sp³-hybridized carbons (Fsp3) is 0. The van der Waals surface area contributed by atoms with E-state index in [-0.39, 0.29) is 0 Å². The summed E-state index contributed by atoms with van der Waals surface area (Å²) in [5, 5.41) is 9.18. The minimum Gasteiger partial charge on any atom is -0.456 e. The first-order valence-corrected chi connectivity index (χ1v) is 20.1. The average molecular weight is 754 g/mol. The number of para-hydroxylation sites is 3. The van der Waals surface area contributed by atoms with Gasteiger partial charge in [-0.25, -0.2) is 0 Å². The van der Waals surface area contributed by atoms with Crippen molar-refractivity contribution in [2.24, 2.45) is 0 Å². The van der Waals surface area contributed by atoms with Gasteiger partial charge >= 0.3 is 0 Å². The van der Waals surface area contributed by atoms with Crippen molar-refractivity contribution >= 4 is 82.5 Å². The summed E-state index contributed by atoms with van der Waals surface area (Å²) >= 11 is 0. The molecule has 0 saturated carbocycles. The number of hydrogen-bond donors (Lipinski definition) is 0. The lowest BCUT2D eigenvalue weighted by atomic mass is 9.95. The van der Waals surface area contributed by atoms with E-state index >= 15 is 0 Å². The zero-order chi connectivity index (χ0) is 38.9. The lowest BCUT2D eigenvalue weighted by molar-refractivity contribution is 0.669. The second-order valence-electron chi connectivity index (χ2n) is 15.2. The van der Waals surface area contributed by atoms with Crippen LogP contribution >= 0.6 is 0 Å². The Kier molecular flexibility index (Phi) is 7.54. The van der Waals surface area contributed by atoms with Gasteiger partial charge in [-0.1, -0.05) is 170 Å². The fourth-order valence-corrected chi connectivity index (χ4v) is 9.13. The number of fused-ring (bicyclic) bond motifs is 8. The van der Waals surface area contributed by atoms with Crippen LogP contribution in [-0.2, 0) is 0 Å². The van der Waals surface area contributed by atoms with Crippen LogP contribution in [0.25, 0.3) is 98.8 Å². The van der Waals surface area contributed by atoms with Crippen molar-refractivity contribution in [2.45, 2.75) is 0 Å². The minimum absolute atomic E-state index is 0.842. The molecule has 0 atom stereocenters. The molecule has 12 aromatic rings. The average Bonchev–Trinajstić information content (AvgIpc) is 3.88. The quantitative estimate of drug-likeness (QED) is 0.169. The van der Waals surface area contributed by atoms with Gasteiger partial charge in [0.15, 0.2) is 5.58 Å². The van der Waals surface area contributed by atoms with Crippen LogP contribution in [0.1, 0.15) is 0 Å². The van der Waals surface area contributed by atoms with E-state index in [9.17, 15) is 0 Å². The molecule has 0 bridgehead atoms. The molecule has 3 nitrogen and oxygen atoms in total. The first-order chi connectivity index (χ1) is 29.3. The first kappa shape index (κ1) is 33.3. The van der Waals surface area contributed by atoms with Crippen molar-refractivity contribution in [3.63, 3.8) is 0 Å². The predicted molar refractivity (Wildman–Crippen MR) is 247 cm³/mol. The van der Waals surface area contributed by atoms with Gasteiger partial charge in [-0.3, -0.25) is 0 Å². The maximum Gasteiger partial charge on any atom is 0.159 e. The lowest BCUT2D eigenvalue weighted by Gasteiger charge is -2.28. The molecule has 3 heteroatoms. The van der Waals surface area contributed by atoms with Crippen LogP contribution in [0.5, 0.6) is 0 Å². The Morgan fingerprint density at radius 3 is 1.75 bits per heavy atom. The van der Waals surface area contributed by atoms with E-state index in [2.05, 4.69) is 205 Å². The molecule has 59 heavy (non-hydrogen) atoms. The van der Waals surface area contributed by atoms with Crippen LogP contribution in [0.4, 0.5) is 17.1 Å². The highest BCUT2D eigenvalue weighted by atomic mass is 16.3. The van der Waals surface area contributed by atoms with Gasteiger partial charge in [0.2, 0.25) is 0 Å². The van der Waals surface area contributed by atoms with Crippen molar-refractivity contribution in [1.29, 1.82) is 0 Å². The second kappa shape index (κ2) is 13.4. The van der Waals surface area contributed by atoms with Crippen molar-refractivity contribution in [2.75, 3.05) is 4.90 Å². The van der Waals surface area contributed by atoms with Gasteiger partial charge in [-0.2, -0.15) is 0 Å². The van der Waals surface area contributed by atoms with Crippen LogP contribution in [0, 0.1) is 0 Å². The van der Waals surface area contributed by atoms with Gasteiger partial charge in [-0.15, -0.1) is 0 Å². The van der Waals surface area contributed by atoms with E-state index in [4.69, 9.17) is 8.83 Å². The van der Waals surface area contributed by atoms with Gasteiger partial charge in [0.1, 0.15) is 16.7 Å².